The number of halogens is 2. The molecule has 3 aromatic rings. The molecule has 11 heteroatoms. The number of carbonyl (C=O) groups is 1. The smallest absolute Gasteiger partial charge is 0.338 e. The molecule has 0 saturated carbocycles. The number of hydrogen-bond donors (Lipinski definition) is 0. The Hall–Kier alpha value is -2.20. The van der Waals surface area contributed by atoms with Gasteiger partial charge in [0, 0.05) is 23.6 Å². The van der Waals surface area contributed by atoms with E-state index in [2.05, 4.69) is 9.59 Å². The van der Waals surface area contributed by atoms with Crippen LogP contribution in [0.3, 0.4) is 0 Å². The molecule has 1 aromatic heterocycles. The SMILES string of the molecule is CN(c1cccc(Cl)c1)S(=O)(=O)c1cccc(C(=O)OCc2nnsc2Cl)c1. The standard InChI is InChI=1S/C17H13Cl2N3O4S2/c1-22(13-6-3-5-12(18)9-13)28(24,25)14-7-2-4-11(8-14)17(23)26-10-15-16(19)27-21-20-15/h2-9H,10H2,1H3. The zero-order valence-electron chi connectivity index (χ0n) is 14.4. The molecule has 0 saturated heterocycles. The number of esters is 1. The third-order valence-electron chi connectivity index (χ3n) is 3.75. The molecule has 3 rings (SSSR count). The van der Waals surface area contributed by atoms with Crippen molar-refractivity contribution in [2.75, 3.05) is 11.4 Å². The van der Waals surface area contributed by atoms with Gasteiger partial charge in [0.15, 0.2) is 0 Å². The van der Waals surface area contributed by atoms with E-state index in [0.717, 1.165) is 15.8 Å². The number of hydrogen-bond acceptors (Lipinski definition) is 7. The summed E-state index contributed by atoms with van der Waals surface area (Å²) >= 11 is 12.8. The second kappa shape index (κ2) is 8.44. The molecule has 2 aromatic carbocycles. The molecule has 0 fully saturated rings. The van der Waals surface area contributed by atoms with Gasteiger partial charge in [0.05, 0.1) is 16.1 Å². The monoisotopic (exact) mass is 457 g/mol. The predicted molar refractivity (Wildman–Crippen MR) is 108 cm³/mol. The van der Waals surface area contributed by atoms with Crippen molar-refractivity contribution in [2.24, 2.45) is 0 Å². The Morgan fingerprint density at radius 3 is 2.61 bits per heavy atom. The van der Waals surface area contributed by atoms with Crippen LogP contribution in [0.15, 0.2) is 53.4 Å². The maximum Gasteiger partial charge on any atom is 0.338 e. The van der Waals surface area contributed by atoms with Crippen LogP contribution in [0.4, 0.5) is 5.69 Å². The molecule has 0 amide bonds. The molecule has 0 aliphatic heterocycles. The van der Waals surface area contributed by atoms with Gasteiger partial charge in [0.25, 0.3) is 10.0 Å². The minimum atomic E-state index is -3.90. The van der Waals surface area contributed by atoms with E-state index in [1.54, 1.807) is 18.2 Å². The number of sulfonamides is 1. The third-order valence-corrected chi connectivity index (χ3v) is 6.75. The predicted octanol–water partition coefficient (Wildman–Crippen LogP) is 4.03. The Bertz CT molecular complexity index is 1120. The Labute approximate surface area is 175 Å². The summed E-state index contributed by atoms with van der Waals surface area (Å²) in [7, 11) is -2.50. The lowest BCUT2D eigenvalue weighted by atomic mass is 10.2. The lowest BCUT2D eigenvalue weighted by molar-refractivity contribution is 0.0467. The van der Waals surface area contributed by atoms with Crippen LogP contribution in [0.5, 0.6) is 0 Å². The van der Waals surface area contributed by atoms with Gasteiger partial charge in [-0.1, -0.05) is 39.8 Å². The summed E-state index contributed by atoms with van der Waals surface area (Å²) in [6.07, 6.45) is 0. The number of carbonyl (C=O) groups excluding carboxylic acids is 1. The summed E-state index contributed by atoms with van der Waals surface area (Å²) in [4.78, 5) is 12.2. The molecule has 0 aliphatic rings. The van der Waals surface area contributed by atoms with Crippen molar-refractivity contribution in [3.8, 4) is 0 Å². The second-order valence-corrected chi connectivity index (χ2v) is 9.31. The topological polar surface area (TPSA) is 89.5 Å². The van der Waals surface area contributed by atoms with Crippen LogP contribution in [0.25, 0.3) is 0 Å². The fourth-order valence-electron chi connectivity index (χ4n) is 2.25. The number of rotatable bonds is 6. The zero-order chi connectivity index (χ0) is 20.3. The summed E-state index contributed by atoms with van der Waals surface area (Å²) in [6, 6.07) is 12.0. The molecule has 0 radical (unpaired) electrons. The van der Waals surface area contributed by atoms with Gasteiger partial charge in [-0.15, -0.1) is 5.10 Å². The summed E-state index contributed by atoms with van der Waals surface area (Å²) in [5.74, 6) is -0.702. The Balaban J connectivity index is 1.81. The summed E-state index contributed by atoms with van der Waals surface area (Å²) < 4.78 is 36.0. The summed E-state index contributed by atoms with van der Waals surface area (Å²) in [5, 5.41) is 4.16. The third kappa shape index (κ3) is 4.44. The maximum atomic E-state index is 12.9. The average molecular weight is 458 g/mol. The van der Waals surface area contributed by atoms with Crippen molar-refractivity contribution in [1.82, 2.24) is 9.59 Å². The van der Waals surface area contributed by atoms with E-state index in [4.69, 9.17) is 27.9 Å². The van der Waals surface area contributed by atoms with Gasteiger partial charge in [0.1, 0.15) is 16.6 Å². The highest BCUT2D eigenvalue weighted by molar-refractivity contribution is 7.92. The van der Waals surface area contributed by atoms with Gasteiger partial charge < -0.3 is 4.74 Å². The first-order valence-corrected chi connectivity index (χ1v) is 10.7. The first kappa shape index (κ1) is 20.5. The van der Waals surface area contributed by atoms with Gasteiger partial charge in [-0.2, -0.15) is 0 Å². The molecule has 0 aliphatic carbocycles. The molecule has 0 bridgehead atoms. The summed E-state index contributed by atoms with van der Waals surface area (Å²) in [6.45, 7) is -0.159. The molecular weight excluding hydrogens is 445 g/mol. The highest BCUT2D eigenvalue weighted by Crippen LogP contribution is 2.25. The summed E-state index contributed by atoms with van der Waals surface area (Å²) in [5.41, 5.74) is 0.815. The molecule has 7 nitrogen and oxygen atoms in total. The van der Waals surface area contributed by atoms with E-state index in [0.29, 0.717) is 20.7 Å². The minimum Gasteiger partial charge on any atom is -0.455 e. The van der Waals surface area contributed by atoms with Crippen molar-refractivity contribution in [2.45, 2.75) is 11.5 Å². The Morgan fingerprint density at radius 2 is 1.93 bits per heavy atom. The Morgan fingerprint density at radius 1 is 1.18 bits per heavy atom. The molecule has 1 heterocycles. The van der Waals surface area contributed by atoms with Crippen LogP contribution in [-0.4, -0.2) is 31.0 Å². The fraction of sp³-hybridized carbons (Fsp3) is 0.118. The molecule has 28 heavy (non-hydrogen) atoms. The van der Waals surface area contributed by atoms with E-state index < -0.39 is 16.0 Å². The van der Waals surface area contributed by atoms with Crippen LogP contribution in [0.2, 0.25) is 9.36 Å². The quantitative estimate of drug-likeness (QED) is 0.519. The molecule has 0 N–H and O–H groups in total. The van der Waals surface area contributed by atoms with E-state index in [1.165, 1.54) is 37.4 Å². The van der Waals surface area contributed by atoms with Gasteiger partial charge in [-0.25, -0.2) is 13.2 Å². The lowest BCUT2D eigenvalue weighted by Gasteiger charge is -2.20. The maximum absolute atomic E-state index is 12.9. The van der Waals surface area contributed by atoms with Crippen molar-refractivity contribution in [1.29, 1.82) is 0 Å². The van der Waals surface area contributed by atoms with Crippen molar-refractivity contribution in [3.05, 3.63) is 69.1 Å². The van der Waals surface area contributed by atoms with Gasteiger partial charge >= 0.3 is 5.97 Å². The molecule has 0 spiro atoms. The number of ether oxygens (including phenoxy) is 1. The largest absolute Gasteiger partial charge is 0.455 e. The average Bonchev–Trinajstić information content (AvgIpc) is 3.10. The van der Waals surface area contributed by atoms with E-state index in [1.807, 2.05) is 0 Å². The van der Waals surface area contributed by atoms with Gasteiger partial charge in [-0.3, -0.25) is 4.31 Å². The van der Waals surface area contributed by atoms with Crippen molar-refractivity contribution in [3.63, 3.8) is 0 Å². The number of aromatic nitrogens is 2. The van der Waals surface area contributed by atoms with Crippen molar-refractivity contribution < 1.29 is 17.9 Å². The van der Waals surface area contributed by atoms with Crippen LogP contribution in [0, 0.1) is 0 Å². The first-order valence-electron chi connectivity index (χ1n) is 7.77. The Kier molecular flexibility index (Phi) is 6.19. The molecular formula is C17H13Cl2N3O4S2. The number of anilines is 1. The second-order valence-electron chi connectivity index (χ2n) is 5.55. The lowest BCUT2D eigenvalue weighted by Crippen LogP contribution is -2.26. The van der Waals surface area contributed by atoms with E-state index >= 15 is 0 Å². The first-order chi connectivity index (χ1) is 13.3. The highest BCUT2D eigenvalue weighted by atomic mass is 35.5. The fourth-order valence-corrected chi connectivity index (χ4v) is 4.27. The van der Waals surface area contributed by atoms with Crippen LogP contribution in [0.1, 0.15) is 16.1 Å². The molecule has 0 unspecified atom stereocenters. The highest BCUT2D eigenvalue weighted by Gasteiger charge is 2.23. The van der Waals surface area contributed by atoms with Crippen LogP contribution >= 0.6 is 34.7 Å². The van der Waals surface area contributed by atoms with Crippen molar-refractivity contribution >= 4 is 56.4 Å². The normalized spacial score (nSPS) is 11.2. The molecule has 146 valence electrons. The number of benzene rings is 2. The van der Waals surface area contributed by atoms with Gasteiger partial charge in [0.2, 0.25) is 0 Å². The van der Waals surface area contributed by atoms with Crippen LogP contribution in [-0.2, 0) is 21.4 Å². The number of nitrogens with zero attached hydrogens (tertiary/aromatic N) is 3. The van der Waals surface area contributed by atoms with E-state index in [-0.39, 0.29) is 17.1 Å². The zero-order valence-corrected chi connectivity index (χ0v) is 17.5. The minimum absolute atomic E-state index is 0.0576. The molecule has 0 atom stereocenters. The van der Waals surface area contributed by atoms with E-state index in [9.17, 15) is 13.2 Å². The van der Waals surface area contributed by atoms with Gasteiger partial charge in [-0.05, 0) is 36.4 Å². The van der Waals surface area contributed by atoms with Crippen LogP contribution < -0.4 is 4.31 Å².